The van der Waals surface area contributed by atoms with Gasteiger partial charge in [0, 0.05) is 24.1 Å². The number of carbonyl (C=O) groups excluding carboxylic acids is 1. The van der Waals surface area contributed by atoms with E-state index in [-0.39, 0.29) is 10.9 Å². The zero-order chi connectivity index (χ0) is 20.3. The van der Waals surface area contributed by atoms with E-state index in [1.54, 1.807) is 0 Å². The van der Waals surface area contributed by atoms with Crippen molar-refractivity contribution in [3.63, 3.8) is 0 Å². The Kier molecular flexibility index (Phi) is 5.51. The Morgan fingerprint density at radius 3 is 2.46 bits per heavy atom. The van der Waals surface area contributed by atoms with Crippen molar-refractivity contribution in [1.82, 2.24) is 15.3 Å². The van der Waals surface area contributed by atoms with Gasteiger partial charge in [0.1, 0.15) is 0 Å². The van der Waals surface area contributed by atoms with Crippen molar-refractivity contribution in [3.05, 3.63) is 59.5 Å². The minimum atomic E-state index is -3.24. The Morgan fingerprint density at radius 2 is 1.82 bits per heavy atom. The van der Waals surface area contributed by atoms with Crippen molar-refractivity contribution >= 4 is 32.9 Å². The van der Waals surface area contributed by atoms with Gasteiger partial charge >= 0.3 is 6.03 Å². The normalized spacial score (nSPS) is 11.4. The maximum absolute atomic E-state index is 11.6. The number of hydrogen-bond donors (Lipinski definition) is 3. The summed E-state index contributed by atoms with van der Waals surface area (Å²) in [5, 5.41) is 5.30. The van der Waals surface area contributed by atoms with Gasteiger partial charge in [0.2, 0.25) is 5.95 Å². The maximum atomic E-state index is 11.6. The standard InChI is InChI=1S/C20H22N4O3S/c1-4-21-20(25)24-19-22-17-10-9-16(12-18(17)23-19)15-7-5-14(6-8-15)11-13(2)28(3,26)27/h5-10,12H,2,4,11H2,1,3H3,(H3,21,22,23,24,25). The number of H-pyrrole nitrogens is 1. The minimum absolute atomic E-state index is 0.200. The Bertz CT molecular complexity index is 1130. The third-order valence-corrected chi connectivity index (χ3v) is 5.46. The lowest BCUT2D eigenvalue weighted by Gasteiger charge is -2.06. The molecule has 0 spiro atoms. The zero-order valence-corrected chi connectivity index (χ0v) is 16.6. The third kappa shape index (κ3) is 4.58. The summed E-state index contributed by atoms with van der Waals surface area (Å²) in [5.74, 6) is 0.382. The van der Waals surface area contributed by atoms with Crippen molar-refractivity contribution in [2.24, 2.45) is 0 Å². The van der Waals surface area contributed by atoms with Crippen LogP contribution in [0.25, 0.3) is 22.2 Å². The minimum Gasteiger partial charge on any atom is -0.338 e. The number of imidazole rings is 1. The van der Waals surface area contributed by atoms with E-state index in [2.05, 4.69) is 27.2 Å². The van der Waals surface area contributed by atoms with Gasteiger partial charge in [-0.1, -0.05) is 36.9 Å². The molecule has 0 aliphatic rings. The van der Waals surface area contributed by atoms with Crippen LogP contribution < -0.4 is 10.6 Å². The van der Waals surface area contributed by atoms with Gasteiger partial charge in [0.25, 0.3) is 0 Å². The predicted octanol–water partition coefficient (Wildman–Crippen LogP) is 3.47. The number of carbonyl (C=O) groups is 1. The molecule has 2 amide bonds. The summed E-state index contributed by atoms with van der Waals surface area (Å²) in [6, 6.07) is 13.1. The van der Waals surface area contributed by atoms with Gasteiger partial charge in [-0.25, -0.2) is 18.2 Å². The van der Waals surface area contributed by atoms with Crippen LogP contribution in [0.1, 0.15) is 12.5 Å². The quantitative estimate of drug-likeness (QED) is 0.591. The first-order valence-electron chi connectivity index (χ1n) is 8.78. The summed E-state index contributed by atoms with van der Waals surface area (Å²) in [7, 11) is -3.24. The van der Waals surface area contributed by atoms with E-state index in [1.165, 1.54) is 0 Å². The first-order chi connectivity index (χ1) is 13.3. The van der Waals surface area contributed by atoms with E-state index < -0.39 is 9.84 Å². The molecule has 3 rings (SSSR count). The van der Waals surface area contributed by atoms with Gasteiger partial charge in [-0.2, -0.15) is 0 Å². The Balaban J connectivity index is 1.79. The molecule has 0 aliphatic carbocycles. The fourth-order valence-corrected chi connectivity index (χ4v) is 3.16. The average molecular weight is 398 g/mol. The molecule has 146 valence electrons. The van der Waals surface area contributed by atoms with Crippen molar-refractivity contribution in [1.29, 1.82) is 0 Å². The fraction of sp³-hybridized carbons (Fsp3) is 0.200. The van der Waals surface area contributed by atoms with Gasteiger partial charge in [-0.05, 0) is 35.7 Å². The lowest BCUT2D eigenvalue weighted by Crippen LogP contribution is -2.28. The van der Waals surface area contributed by atoms with E-state index in [0.29, 0.717) is 18.9 Å². The fourth-order valence-electron chi connectivity index (χ4n) is 2.73. The van der Waals surface area contributed by atoms with Crippen LogP contribution in [0, 0.1) is 0 Å². The van der Waals surface area contributed by atoms with Crippen molar-refractivity contribution in [2.75, 3.05) is 18.1 Å². The molecule has 0 radical (unpaired) electrons. The van der Waals surface area contributed by atoms with Crippen LogP contribution in [-0.2, 0) is 16.3 Å². The van der Waals surface area contributed by atoms with Crippen LogP contribution in [0.4, 0.5) is 10.7 Å². The average Bonchev–Trinajstić information content (AvgIpc) is 3.03. The van der Waals surface area contributed by atoms with Crippen molar-refractivity contribution in [3.8, 4) is 11.1 Å². The van der Waals surface area contributed by atoms with Gasteiger partial charge in [0.15, 0.2) is 9.84 Å². The van der Waals surface area contributed by atoms with Crippen LogP contribution in [-0.4, -0.2) is 37.2 Å². The number of fused-ring (bicyclic) bond motifs is 1. The molecule has 0 saturated carbocycles. The van der Waals surface area contributed by atoms with Gasteiger partial charge < -0.3 is 10.3 Å². The number of sulfone groups is 1. The molecular weight excluding hydrogens is 376 g/mol. The number of urea groups is 1. The van der Waals surface area contributed by atoms with Crippen LogP contribution in [0.3, 0.4) is 0 Å². The number of nitrogens with one attached hydrogen (secondary N) is 3. The molecule has 0 saturated heterocycles. The summed E-state index contributed by atoms with van der Waals surface area (Å²) >= 11 is 0. The van der Waals surface area contributed by atoms with Crippen LogP contribution in [0.5, 0.6) is 0 Å². The summed E-state index contributed by atoms with van der Waals surface area (Å²) in [6.07, 6.45) is 1.46. The number of aromatic amines is 1. The lowest BCUT2D eigenvalue weighted by atomic mass is 10.0. The molecule has 2 aromatic carbocycles. The highest BCUT2D eigenvalue weighted by molar-refractivity contribution is 7.94. The second kappa shape index (κ2) is 7.85. The van der Waals surface area contributed by atoms with E-state index in [4.69, 9.17) is 0 Å². The molecular formula is C20H22N4O3S. The molecule has 1 heterocycles. The van der Waals surface area contributed by atoms with E-state index in [1.807, 2.05) is 49.4 Å². The second-order valence-corrected chi connectivity index (χ2v) is 8.61. The molecule has 3 aromatic rings. The summed E-state index contributed by atoms with van der Waals surface area (Å²) in [6.45, 7) is 6.01. The first kappa shape index (κ1) is 19.6. The highest BCUT2D eigenvalue weighted by atomic mass is 32.2. The number of amides is 2. The van der Waals surface area contributed by atoms with Gasteiger partial charge in [0.05, 0.1) is 11.0 Å². The number of aromatic nitrogens is 2. The molecule has 1 aromatic heterocycles. The smallest absolute Gasteiger partial charge is 0.321 e. The molecule has 0 bridgehead atoms. The van der Waals surface area contributed by atoms with Crippen LogP contribution in [0.15, 0.2) is 53.9 Å². The first-order valence-corrected chi connectivity index (χ1v) is 10.7. The predicted molar refractivity (Wildman–Crippen MR) is 112 cm³/mol. The topological polar surface area (TPSA) is 104 Å². The number of rotatable bonds is 6. The zero-order valence-electron chi connectivity index (χ0n) is 15.7. The molecule has 0 fully saturated rings. The molecule has 0 atom stereocenters. The Labute approximate surface area is 163 Å². The van der Waals surface area contributed by atoms with E-state index in [0.717, 1.165) is 34.0 Å². The number of allylic oxidation sites excluding steroid dienone is 1. The molecule has 28 heavy (non-hydrogen) atoms. The molecule has 0 aliphatic heterocycles. The third-order valence-electron chi connectivity index (χ3n) is 4.26. The second-order valence-electron chi connectivity index (χ2n) is 6.49. The van der Waals surface area contributed by atoms with Gasteiger partial charge in [-0.15, -0.1) is 0 Å². The Hall–Kier alpha value is -3.13. The van der Waals surface area contributed by atoms with Crippen LogP contribution >= 0.6 is 0 Å². The summed E-state index contributed by atoms with van der Waals surface area (Å²) in [5.41, 5.74) is 4.41. The highest BCUT2D eigenvalue weighted by Gasteiger charge is 2.10. The lowest BCUT2D eigenvalue weighted by molar-refractivity contribution is 0.252. The van der Waals surface area contributed by atoms with Crippen molar-refractivity contribution < 1.29 is 13.2 Å². The largest absolute Gasteiger partial charge is 0.338 e. The van der Waals surface area contributed by atoms with Gasteiger partial charge in [-0.3, -0.25) is 5.32 Å². The number of anilines is 1. The number of benzene rings is 2. The molecule has 8 heteroatoms. The number of nitrogens with zero attached hydrogens (tertiary/aromatic N) is 1. The van der Waals surface area contributed by atoms with Crippen LogP contribution in [0.2, 0.25) is 0 Å². The molecule has 0 unspecified atom stereocenters. The summed E-state index contributed by atoms with van der Waals surface area (Å²) in [4.78, 5) is 19.3. The Morgan fingerprint density at radius 1 is 1.14 bits per heavy atom. The maximum Gasteiger partial charge on any atom is 0.321 e. The SMILES string of the molecule is C=C(Cc1ccc(-c2ccc3nc(NC(=O)NCC)[nH]c3c2)cc1)S(C)(=O)=O. The monoisotopic (exact) mass is 398 g/mol. The van der Waals surface area contributed by atoms with E-state index >= 15 is 0 Å². The highest BCUT2D eigenvalue weighted by Crippen LogP contribution is 2.25. The molecule has 7 nitrogen and oxygen atoms in total. The summed E-state index contributed by atoms with van der Waals surface area (Å²) < 4.78 is 23.0. The van der Waals surface area contributed by atoms with E-state index in [9.17, 15) is 13.2 Å². The van der Waals surface area contributed by atoms with Crippen molar-refractivity contribution in [2.45, 2.75) is 13.3 Å². The number of hydrogen-bond acceptors (Lipinski definition) is 4. The molecule has 3 N–H and O–H groups in total.